The van der Waals surface area contributed by atoms with Crippen molar-refractivity contribution in [3.63, 3.8) is 0 Å². The molecule has 0 aromatic carbocycles. The predicted molar refractivity (Wildman–Crippen MR) is 41.2 cm³/mol. The number of nitrogens with zero attached hydrogens (tertiary/aromatic N) is 1. The number of hydrogen-bond donors (Lipinski definition) is 2. The van der Waals surface area contributed by atoms with Crippen molar-refractivity contribution >= 4 is 5.97 Å². The quantitative estimate of drug-likeness (QED) is 0.555. The number of carbonyl (C=O) groups is 1. The van der Waals surface area contributed by atoms with Gasteiger partial charge in [0.25, 0.3) is 0 Å². The summed E-state index contributed by atoms with van der Waals surface area (Å²) in [5.41, 5.74) is 0. The molecule has 0 aliphatic heterocycles. The van der Waals surface area contributed by atoms with Crippen LogP contribution in [0.1, 0.15) is 22.8 Å². The molecule has 0 bridgehead atoms. The maximum Gasteiger partial charge on any atom is 0.306 e. The van der Waals surface area contributed by atoms with Crippen LogP contribution in [0.2, 0.25) is 0 Å². The van der Waals surface area contributed by atoms with E-state index in [-0.39, 0.29) is 0 Å². The normalized spacial score (nSPS) is 39.5. The minimum absolute atomic E-state index is 1.97. The van der Waals surface area contributed by atoms with Gasteiger partial charge in [-0.15, -0.1) is 0 Å². The van der Waals surface area contributed by atoms with E-state index in [4.69, 9.17) is 23.0 Å². The first-order valence-electron chi connectivity index (χ1n) is 8.88. The second-order valence-corrected chi connectivity index (χ2v) is 1.82. The third-order valence-electron chi connectivity index (χ3n) is 0.627. The Hall–Kier alpha value is -0.610. The van der Waals surface area contributed by atoms with Gasteiger partial charge in [0.2, 0.25) is 1.43 Å². The summed E-state index contributed by atoms with van der Waals surface area (Å²) in [6, 6.07) is 0. The summed E-state index contributed by atoms with van der Waals surface area (Å²) in [4.78, 5) is 11.0. The molecule has 0 heterocycles. The van der Waals surface area contributed by atoms with Crippen molar-refractivity contribution in [3.8, 4) is 0 Å². The van der Waals surface area contributed by atoms with Crippen molar-refractivity contribution < 1.29 is 35.9 Å². The molecule has 11 heavy (non-hydrogen) atoms. The number of aliphatic hydroxyl groups is 1. The number of quaternary nitrogens is 1. The lowest BCUT2D eigenvalue weighted by atomic mass is 10.2. The van der Waals surface area contributed by atoms with Crippen molar-refractivity contribution in [1.29, 1.82) is 1.43 Å². The van der Waals surface area contributed by atoms with E-state index in [1.165, 1.54) is 0 Å². The fraction of sp³-hybridized carbons (Fsp3) is 0.857. The fourth-order valence-electron chi connectivity index (χ4n) is 0.374. The lowest BCUT2D eigenvalue weighted by Crippen LogP contribution is -2.42. The molecule has 0 aromatic heterocycles. The maximum atomic E-state index is 11.0. The van der Waals surface area contributed by atoms with Crippen LogP contribution in [0.25, 0.3) is 0 Å². The van der Waals surface area contributed by atoms with Crippen LogP contribution in [0.4, 0.5) is 0 Å². The van der Waals surface area contributed by atoms with E-state index in [0.29, 0.717) is 0 Å². The molecule has 0 aromatic rings. The van der Waals surface area contributed by atoms with E-state index in [1.54, 1.807) is 0 Å². The van der Waals surface area contributed by atoms with Gasteiger partial charge < -0.3 is 14.7 Å². The number of carboxylic acid groups (broad SMARTS) is 1. The zero-order valence-electron chi connectivity index (χ0n) is 18.4. The number of rotatable bonds is 5. The molecule has 0 radical (unpaired) electrons. The average Bonchev–Trinajstić information content (AvgIpc) is 2.30. The Morgan fingerprint density at radius 3 is 2.91 bits per heavy atom. The smallest absolute Gasteiger partial charge is 0.306 e. The lowest BCUT2D eigenvalue weighted by molar-refractivity contribution is -0.873. The van der Waals surface area contributed by atoms with Gasteiger partial charge in [0.05, 0.1) is 41.0 Å². The van der Waals surface area contributed by atoms with Crippen LogP contribution in [0.3, 0.4) is 0 Å². The number of likely N-dealkylation sites (N-methyl/N-ethyl adjacent to an activating group) is 1. The Morgan fingerprint density at radius 2 is 2.55 bits per heavy atom. The van der Waals surface area contributed by atoms with Gasteiger partial charge in [-0.1, -0.05) is 0 Å². The molecule has 0 saturated heterocycles. The van der Waals surface area contributed by atoms with Crippen molar-refractivity contribution in [2.24, 2.45) is 0 Å². The molecule has 4 nitrogen and oxygen atoms in total. The van der Waals surface area contributed by atoms with Crippen molar-refractivity contribution in [3.05, 3.63) is 0 Å². The number of aliphatic carboxylic acids is 1. The molecule has 0 aliphatic carbocycles. The van der Waals surface area contributed by atoms with Gasteiger partial charge in [-0.05, 0) is 0 Å². The summed E-state index contributed by atoms with van der Waals surface area (Å²) in [7, 11) is 0. The molecule has 0 aliphatic rings. The van der Waals surface area contributed by atoms with E-state index in [0.717, 1.165) is 0 Å². The summed E-state index contributed by atoms with van der Waals surface area (Å²) < 4.78 is 92.2. The summed E-state index contributed by atoms with van der Waals surface area (Å²) in [5.74, 6) is -2.36. The first-order chi connectivity index (χ1) is 10.2. The fourth-order valence-corrected chi connectivity index (χ4v) is 0.374. The second-order valence-electron chi connectivity index (χ2n) is 1.82. The Balaban J connectivity index is 6.68. The van der Waals surface area contributed by atoms with Crippen LogP contribution in [0.5, 0.6) is 0 Å². The van der Waals surface area contributed by atoms with Gasteiger partial charge >= 0.3 is 5.97 Å². The number of carboxylic acids is 1. The topological polar surface area (TPSA) is 57.5 Å². The molecule has 0 rings (SSSR count). The van der Waals surface area contributed by atoms with E-state index < -0.39 is 50.4 Å². The highest BCUT2D eigenvalue weighted by molar-refractivity contribution is 5.67. The Bertz CT molecular complexity index is 443. The van der Waals surface area contributed by atoms with E-state index in [9.17, 15) is 4.79 Å². The second kappa shape index (κ2) is 3.69. The van der Waals surface area contributed by atoms with Crippen LogP contribution in [0.15, 0.2) is 0 Å². The molecule has 0 amide bonds. The van der Waals surface area contributed by atoms with Gasteiger partial charge in [0.1, 0.15) is 12.6 Å². The maximum absolute atomic E-state index is 11.0. The molecule has 0 spiro atoms. The highest BCUT2D eigenvalue weighted by Gasteiger charge is 2.17. The minimum atomic E-state index is -3.84. The van der Waals surface area contributed by atoms with E-state index in [1.807, 2.05) is 0 Å². The molecule has 0 saturated carbocycles. The van der Waals surface area contributed by atoms with Gasteiger partial charge in [0, 0.05) is 2.74 Å². The Kier molecular flexibility index (Phi) is 0.612. The third-order valence-corrected chi connectivity index (χ3v) is 0.627. The molecule has 4 heteroatoms. The standard InChI is InChI=1S/C7H15NO3/c1-8(2,3)5-6(9)4-7(10)11/h6,9H,4-5H2,1-3H3/p+1/t6-/m0/s1/i1D3,2D3,3D3,4D2,6D,9D. The molecule has 66 valence electrons. The van der Waals surface area contributed by atoms with Crippen LogP contribution >= 0.6 is 0 Å². The predicted octanol–water partition coefficient (Wildman–Crippen LogP) is -0.472. The van der Waals surface area contributed by atoms with E-state index in [2.05, 4.69) is 5.11 Å². The van der Waals surface area contributed by atoms with Crippen LogP contribution in [-0.2, 0) is 4.79 Å². The van der Waals surface area contributed by atoms with Gasteiger partial charge in [0.15, 0.2) is 0 Å². The van der Waals surface area contributed by atoms with Gasteiger partial charge in [-0.3, -0.25) is 4.79 Å². The molecular weight excluding hydrogens is 146 g/mol. The average molecular weight is 175 g/mol. The summed E-state index contributed by atoms with van der Waals surface area (Å²) in [6.45, 7) is -13.5. The third kappa shape index (κ3) is 7.29. The van der Waals surface area contributed by atoms with Crippen LogP contribution in [0, 0.1) is 0 Å². The molecular formula is C7H16NO3+. The highest BCUT2D eigenvalue weighted by atomic mass is 16.4. The van der Waals surface area contributed by atoms with Crippen molar-refractivity contribution in [1.82, 2.24) is 0 Å². The molecule has 0 unspecified atom stereocenters. The zero-order chi connectivity index (χ0) is 20.0. The minimum Gasteiger partial charge on any atom is -0.481 e. The van der Waals surface area contributed by atoms with Crippen molar-refractivity contribution in [2.75, 3.05) is 27.5 Å². The van der Waals surface area contributed by atoms with Gasteiger partial charge in [-0.25, -0.2) is 0 Å². The molecule has 2 N–H and O–H groups in total. The summed E-state index contributed by atoms with van der Waals surface area (Å²) in [6.07, 6.45) is -7.42. The highest BCUT2D eigenvalue weighted by Crippen LogP contribution is 1.98. The molecule has 1 atom stereocenters. The number of hydrogen-bond acceptors (Lipinski definition) is 2. The van der Waals surface area contributed by atoms with Crippen LogP contribution in [-0.4, -0.2) is 55.7 Å². The summed E-state index contributed by atoms with van der Waals surface area (Å²) in [5, 5.41) is 12.5. The Labute approximate surface area is 85.0 Å². The van der Waals surface area contributed by atoms with Crippen LogP contribution < -0.4 is 0 Å². The zero-order valence-corrected chi connectivity index (χ0v) is 5.42. The molecule has 0 fully saturated rings. The first kappa shape index (κ1) is 1.83. The first-order valence-corrected chi connectivity index (χ1v) is 2.47. The monoisotopic (exact) mass is 175 g/mol. The largest absolute Gasteiger partial charge is 0.481 e. The summed E-state index contributed by atoms with van der Waals surface area (Å²) >= 11 is 0. The Morgan fingerprint density at radius 1 is 1.91 bits per heavy atom. The SMILES string of the molecule is [2H]O[C@]([2H])(C[N+](C([2H])([2H])[2H])(C([2H])([2H])[2H])C([2H])([2H])[2H])C([2H])([2H])C(=O)O. The van der Waals surface area contributed by atoms with Gasteiger partial charge in [-0.2, -0.15) is 0 Å². The lowest BCUT2D eigenvalue weighted by Gasteiger charge is -2.25. The van der Waals surface area contributed by atoms with E-state index >= 15 is 0 Å². The van der Waals surface area contributed by atoms with Crippen molar-refractivity contribution in [2.45, 2.75) is 12.5 Å².